The Morgan fingerprint density at radius 3 is 2.42 bits per heavy atom. The molecule has 8 nitrogen and oxygen atoms in total. The predicted molar refractivity (Wildman–Crippen MR) is 113 cm³/mol. The summed E-state index contributed by atoms with van der Waals surface area (Å²) in [6.45, 7) is 0. The zero-order valence-electron chi connectivity index (χ0n) is 16.3. The lowest BCUT2D eigenvalue weighted by Gasteiger charge is -2.15. The number of non-ortho nitro benzene ring substituents is 1. The summed E-state index contributed by atoms with van der Waals surface area (Å²) in [6.07, 6.45) is 0.440. The van der Waals surface area contributed by atoms with Crippen LogP contribution >= 0.6 is 0 Å². The molecule has 1 N–H and O–H groups in total. The van der Waals surface area contributed by atoms with Crippen LogP contribution in [0.1, 0.15) is 27.9 Å². The molecule has 0 bridgehead atoms. The number of benzene rings is 3. The normalized spacial score (nSPS) is 11.6. The van der Waals surface area contributed by atoms with Gasteiger partial charge in [0, 0.05) is 29.7 Å². The van der Waals surface area contributed by atoms with Gasteiger partial charge >= 0.3 is 0 Å². The van der Waals surface area contributed by atoms with Crippen molar-refractivity contribution in [3.8, 4) is 11.4 Å². The molecule has 1 heterocycles. The van der Waals surface area contributed by atoms with Gasteiger partial charge < -0.3 is 9.84 Å². The molecule has 0 spiro atoms. The fourth-order valence-electron chi connectivity index (χ4n) is 3.13. The van der Waals surface area contributed by atoms with Gasteiger partial charge in [0.05, 0.1) is 4.92 Å². The third kappa shape index (κ3) is 4.81. The maximum atomic E-state index is 12.7. The minimum absolute atomic E-state index is 0.0675. The number of rotatable bonds is 7. The summed E-state index contributed by atoms with van der Waals surface area (Å²) in [5.74, 6) is 0.164. The molecule has 0 aliphatic heterocycles. The van der Waals surface area contributed by atoms with Crippen molar-refractivity contribution >= 4 is 11.6 Å². The largest absolute Gasteiger partial charge is 0.340 e. The molecule has 0 unspecified atom stereocenters. The van der Waals surface area contributed by atoms with Gasteiger partial charge in [0.15, 0.2) is 0 Å². The number of hydrogen-bond acceptors (Lipinski definition) is 6. The molecule has 4 aromatic rings. The van der Waals surface area contributed by atoms with Crippen LogP contribution in [0.15, 0.2) is 89.5 Å². The van der Waals surface area contributed by atoms with Gasteiger partial charge in [-0.15, -0.1) is 0 Å². The van der Waals surface area contributed by atoms with Gasteiger partial charge in [0.25, 0.3) is 11.6 Å². The van der Waals surface area contributed by atoms with Crippen molar-refractivity contribution in [3.63, 3.8) is 0 Å². The molecular weight excluding hydrogens is 396 g/mol. The van der Waals surface area contributed by atoms with E-state index in [4.69, 9.17) is 4.52 Å². The van der Waals surface area contributed by atoms with E-state index in [2.05, 4.69) is 15.5 Å². The minimum atomic E-state index is -0.574. The number of aromatic nitrogens is 2. The Morgan fingerprint density at radius 2 is 1.71 bits per heavy atom. The Balaban J connectivity index is 1.63. The predicted octanol–water partition coefficient (Wildman–Crippen LogP) is 4.36. The first-order chi connectivity index (χ1) is 15.1. The second-order valence-electron chi connectivity index (χ2n) is 6.85. The van der Waals surface area contributed by atoms with Crippen LogP contribution in [0.4, 0.5) is 5.69 Å². The molecule has 3 aromatic carbocycles. The van der Waals surface area contributed by atoms with Crippen molar-refractivity contribution in [2.24, 2.45) is 0 Å². The van der Waals surface area contributed by atoms with Crippen molar-refractivity contribution in [1.29, 1.82) is 0 Å². The van der Waals surface area contributed by atoms with E-state index in [1.807, 2.05) is 36.4 Å². The van der Waals surface area contributed by atoms with Crippen LogP contribution in [0.3, 0.4) is 0 Å². The minimum Gasteiger partial charge on any atom is -0.340 e. The van der Waals surface area contributed by atoms with Gasteiger partial charge in [0.1, 0.15) is 6.04 Å². The lowest BCUT2D eigenvalue weighted by atomic mass is 10.1. The zero-order chi connectivity index (χ0) is 21.6. The first kappa shape index (κ1) is 20.0. The fraction of sp³-hybridized carbons (Fsp3) is 0.0870. The average molecular weight is 414 g/mol. The van der Waals surface area contributed by atoms with Gasteiger partial charge in [-0.05, 0) is 17.7 Å². The van der Waals surface area contributed by atoms with Crippen LogP contribution in [0.25, 0.3) is 11.4 Å². The van der Waals surface area contributed by atoms with Crippen LogP contribution in [0.2, 0.25) is 0 Å². The summed E-state index contributed by atoms with van der Waals surface area (Å²) in [7, 11) is 0. The SMILES string of the molecule is O=C(N[C@@H](Cc1ccccc1)c1nc(-c2cccc([N+](=O)[O-])c2)no1)c1ccccc1. The summed E-state index contributed by atoms with van der Waals surface area (Å²) in [4.78, 5) is 27.7. The number of nitrogens with zero attached hydrogens (tertiary/aromatic N) is 3. The van der Waals surface area contributed by atoms with Crippen LogP contribution in [0, 0.1) is 10.1 Å². The van der Waals surface area contributed by atoms with Crippen molar-refractivity contribution in [2.45, 2.75) is 12.5 Å². The van der Waals surface area contributed by atoms with Gasteiger partial charge in [-0.1, -0.05) is 65.8 Å². The first-order valence-corrected chi connectivity index (χ1v) is 9.58. The third-order valence-corrected chi connectivity index (χ3v) is 4.68. The molecule has 8 heteroatoms. The number of carbonyl (C=O) groups excluding carboxylic acids is 1. The standard InChI is InChI=1S/C23H18N4O4/c28-22(17-10-5-2-6-11-17)24-20(14-16-8-3-1-4-9-16)23-25-21(26-31-23)18-12-7-13-19(15-18)27(29)30/h1-13,15,20H,14H2,(H,24,28)/t20-/m0/s1. The summed E-state index contributed by atoms with van der Waals surface area (Å²) < 4.78 is 5.44. The number of nitrogens with one attached hydrogen (secondary N) is 1. The van der Waals surface area contributed by atoms with Crippen molar-refractivity contribution in [3.05, 3.63) is 112 Å². The topological polar surface area (TPSA) is 111 Å². The van der Waals surface area contributed by atoms with E-state index < -0.39 is 11.0 Å². The molecule has 1 amide bonds. The van der Waals surface area contributed by atoms with Gasteiger partial charge in [-0.25, -0.2) is 0 Å². The van der Waals surface area contributed by atoms with E-state index in [-0.39, 0.29) is 23.3 Å². The molecule has 4 rings (SSSR count). The van der Waals surface area contributed by atoms with E-state index in [9.17, 15) is 14.9 Å². The Morgan fingerprint density at radius 1 is 1.00 bits per heavy atom. The number of amides is 1. The Bertz CT molecular complexity index is 1190. The summed E-state index contributed by atoms with van der Waals surface area (Å²) in [5.41, 5.74) is 1.88. The number of nitro benzene ring substituents is 1. The molecule has 0 aliphatic rings. The van der Waals surface area contributed by atoms with E-state index in [0.717, 1.165) is 5.56 Å². The van der Waals surface area contributed by atoms with Crippen molar-refractivity contribution in [1.82, 2.24) is 15.5 Å². The quantitative estimate of drug-likeness (QED) is 0.355. The zero-order valence-corrected chi connectivity index (χ0v) is 16.3. The average Bonchev–Trinajstić information content (AvgIpc) is 3.30. The maximum Gasteiger partial charge on any atom is 0.270 e. The summed E-state index contributed by atoms with van der Waals surface area (Å²) in [5, 5.41) is 18.0. The highest BCUT2D eigenvalue weighted by atomic mass is 16.6. The third-order valence-electron chi connectivity index (χ3n) is 4.68. The Labute approximate surface area is 177 Å². The van der Waals surface area contributed by atoms with E-state index in [1.54, 1.807) is 36.4 Å². The molecule has 0 aliphatic carbocycles. The first-order valence-electron chi connectivity index (χ1n) is 9.58. The second kappa shape index (κ2) is 9.00. The number of hydrogen-bond donors (Lipinski definition) is 1. The molecule has 1 aromatic heterocycles. The molecule has 154 valence electrons. The van der Waals surface area contributed by atoms with Crippen LogP contribution in [-0.2, 0) is 6.42 Å². The molecule has 0 radical (unpaired) electrons. The molecular formula is C23H18N4O4. The highest BCUT2D eigenvalue weighted by Crippen LogP contribution is 2.24. The molecule has 0 saturated heterocycles. The van der Waals surface area contributed by atoms with Gasteiger partial charge in [-0.2, -0.15) is 4.98 Å². The number of carbonyl (C=O) groups is 1. The molecule has 31 heavy (non-hydrogen) atoms. The second-order valence-corrected chi connectivity index (χ2v) is 6.85. The van der Waals surface area contributed by atoms with Crippen LogP contribution in [0.5, 0.6) is 0 Å². The molecule has 0 saturated carbocycles. The van der Waals surface area contributed by atoms with E-state index in [1.165, 1.54) is 12.1 Å². The Hall–Kier alpha value is -4.33. The molecule has 0 fully saturated rings. The lowest BCUT2D eigenvalue weighted by Crippen LogP contribution is -2.30. The summed E-state index contributed by atoms with van der Waals surface area (Å²) >= 11 is 0. The highest BCUT2D eigenvalue weighted by Gasteiger charge is 2.23. The van der Waals surface area contributed by atoms with Crippen molar-refractivity contribution < 1.29 is 14.2 Å². The monoisotopic (exact) mass is 414 g/mol. The smallest absolute Gasteiger partial charge is 0.270 e. The highest BCUT2D eigenvalue weighted by molar-refractivity contribution is 5.94. The Kier molecular flexibility index (Phi) is 5.79. The summed E-state index contributed by atoms with van der Waals surface area (Å²) in [6, 6.07) is 23.9. The lowest BCUT2D eigenvalue weighted by molar-refractivity contribution is -0.384. The van der Waals surface area contributed by atoms with Crippen LogP contribution < -0.4 is 5.32 Å². The van der Waals surface area contributed by atoms with E-state index in [0.29, 0.717) is 17.5 Å². The number of nitro groups is 1. The van der Waals surface area contributed by atoms with Crippen molar-refractivity contribution in [2.75, 3.05) is 0 Å². The van der Waals surface area contributed by atoms with E-state index >= 15 is 0 Å². The maximum absolute atomic E-state index is 12.7. The van der Waals surface area contributed by atoms with Gasteiger partial charge in [0.2, 0.25) is 11.7 Å². The van der Waals surface area contributed by atoms with Crippen LogP contribution in [-0.4, -0.2) is 21.0 Å². The van der Waals surface area contributed by atoms with Gasteiger partial charge in [-0.3, -0.25) is 14.9 Å². The molecule has 1 atom stereocenters. The fourth-order valence-corrected chi connectivity index (χ4v) is 3.13.